The summed E-state index contributed by atoms with van der Waals surface area (Å²) in [6.45, 7) is 9.63. The molecule has 7 nitrogen and oxygen atoms in total. The van der Waals surface area contributed by atoms with Crippen molar-refractivity contribution >= 4 is 44.9 Å². The first-order valence-electron chi connectivity index (χ1n) is 10.2. The monoisotopic (exact) mass is 467 g/mol. The van der Waals surface area contributed by atoms with Gasteiger partial charge in [0.2, 0.25) is 5.91 Å². The number of thioether (sulfide) groups is 1. The molecule has 1 atom stereocenters. The molecule has 166 valence electrons. The number of hydrogen-bond acceptors (Lipinski definition) is 6. The molecule has 0 fully saturated rings. The number of fused-ring (bicyclic) bond motifs is 1. The second kappa shape index (κ2) is 8.55. The summed E-state index contributed by atoms with van der Waals surface area (Å²) in [6.07, 6.45) is 0. The summed E-state index contributed by atoms with van der Waals surface area (Å²) in [5.41, 5.74) is 2.61. The molecule has 0 aliphatic heterocycles. The highest BCUT2D eigenvalue weighted by Crippen LogP contribution is 2.36. The highest BCUT2D eigenvalue weighted by Gasteiger charge is 2.23. The predicted octanol–water partition coefficient (Wildman–Crippen LogP) is 4.53. The third kappa shape index (κ3) is 3.86. The maximum atomic E-state index is 13.1. The Morgan fingerprint density at radius 1 is 1.12 bits per heavy atom. The number of carbonyl (C=O) groups excluding carboxylic acids is 1. The third-order valence-corrected chi connectivity index (χ3v) is 7.75. The largest absolute Gasteiger partial charge is 0.319 e. The number of aromatic nitrogens is 4. The lowest BCUT2D eigenvalue weighted by molar-refractivity contribution is -0.115. The van der Waals surface area contributed by atoms with Crippen LogP contribution in [0.3, 0.4) is 0 Å². The smallest absolute Gasteiger partial charge is 0.295 e. The minimum atomic E-state index is -0.448. The molecule has 1 amide bonds. The number of anilines is 1. The molecule has 4 rings (SSSR count). The molecule has 0 saturated heterocycles. The van der Waals surface area contributed by atoms with Gasteiger partial charge < -0.3 is 5.32 Å². The summed E-state index contributed by atoms with van der Waals surface area (Å²) < 4.78 is 3.30. The van der Waals surface area contributed by atoms with Crippen LogP contribution in [0.1, 0.15) is 28.9 Å². The van der Waals surface area contributed by atoms with Gasteiger partial charge in [0, 0.05) is 17.3 Å². The Morgan fingerprint density at radius 3 is 2.50 bits per heavy atom. The molecule has 9 heteroatoms. The van der Waals surface area contributed by atoms with E-state index in [0.717, 1.165) is 26.5 Å². The standard InChI is InChI=1S/C23H25N5O2S2/c1-12-14(3)31-21-18(12)22(25-16(5)24-21)32-15(4)20(29)26-19-13(2)27(6)28(23(19)30)17-10-8-7-9-11-17/h7-11,15H,1-6H3,(H,26,29)/t15-/m1/s1. The molecule has 1 N–H and O–H groups in total. The summed E-state index contributed by atoms with van der Waals surface area (Å²) in [4.78, 5) is 37.4. The summed E-state index contributed by atoms with van der Waals surface area (Å²) >= 11 is 3.03. The van der Waals surface area contributed by atoms with Crippen LogP contribution in [0.2, 0.25) is 0 Å². The molecular weight excluding hydrogens is 442 g/mol. The van der Waals surface area contributed by atoms with Crippen molar-refractivity contribution in [2.75, 3.05) is 5.32 Å². The Kier molecular flexibility index (Phi) is 5.96. The van der Waals surface area contributed by atoms with Crippen LogP contribution in [0.4, 0.5) is 5.69 Å². The second-order valence-corrected chi connectivity index (χ2v) is 10.3. The number of amides is 1. The Labute approximate surface area is 194 Å². The number of carbonyl (C=O) groups is 1. The molecule has 0 saturated carbocycles. The first-order chi connectivity index (χ1) is 15.2. The normalized spacial score (nSPS) is 12.3. The lowest BCUT2D eigenvalue weighted by Gasteiger charge is -2.12. The fraction of sp³-hybridized carbons (Fsp3) is 0.304. The van der Waals surface area contributed by atoms with Crippen LogP contribution in [-0.2, 0) is 11.8 Å². The minimum Gasteiger partial charge on any atom is -0.319 e. The molecule has 3 heterocycles. The number of para-hydroxylation sites is 1. The van der Waals surface area contributed by atoms with E-state index in [2.05, 4.69) is 29.1 Å². The van der Waals surface area contributed by atoms with Gasteiger partial charge in [-0.1, -0.05) is 30.0 Å². The molecule has 0 radical (unpaired) electrons. The van der Waals surface area contributed by atoms with Crippen LogP contribution < -0.4 is 10.9 Å². The molecule has 0 bridgehead atoms. The number of hydrogen-bond donors (Lipinski definition) is 1. The van der Waals surface area contributed by atoms with E-state index in [1.54, 1.807) is 27.7 Å². The van der Waals surface area contributed by atoms with Gasteiger partial charge in [-0.3, -0.25) is 14.3 Å². The average Bonchev–Trinajstić information content (AvgIpc) is 3.15. The van der Waals surface area contributed by atoms with Gasteiger partial charge in [-0.2, -0.15) is 0 Å². The number of benzene rings is 1. The van der Waals surface area contributed by atoms with Gasteiger partial charge in [-0.15, -0.1) is 11.3 Å². The fourth-order valence-electron chi connectivity index (χ4n) is 3.56. The topological polar surface area (TPSA) is 81.8 Å². The first-order valence-corrected chi connectivity index (χ1v) is 11.9. The predicted molar refractivity (Wildman–Crippen MR) is 131 cm³/mol. The van der Waals surface area contributed by atoms with Crippen molar-refractivity contribution < 1.29 is 4.79 Å². The van der Waals surface area contributed by atoms with Crippen LogP contribution in [0.25, 0.3) is 15.9 Å². The third-order valence-electron chi connectivity index (χ3n) is 5.57. The zero-order valence-electron chi connectivity index (χ0n) is 18.9. The second-order valence-electron chi connectivity index (χ2n) is 7.73. The first kappa shape index (κ1) is 22.3. The van der Waals surface area contributed by atoms with Gasteiger partial charge in [0.15, 0.2) is 0 Å². The van der Waals surface area contributed by atoms with Crippen LogP contribution >= 0.6 is 23.1 Å². The molecule has 0 aliphatic rings. The van der Waals surface area contributed by atoms with Crippen molar-refractivity contribution in [2.45, 2.75) is 44.9 Å². The van der Waals surface area contributed by atoms with E-state index in [-0.39, 0.29) is 11.5 Å². The molecule has 0 spiro atoms. The van der Waals surface area contributed by atoms with Crippen molar-refractivity contribution in [1.82, 2.24) is 19.3 Å². The van der Waals surface area contributed by atoms with Crippen molar-refractivity contribution in [3.8, 4) is 5.69 Å². The number of rotatable bonds is 5. The van der Waals surface area contributed by atoms with Gasteiger partial charge in [-0.25, -0.2) is 14.6 Å². The Bertz CT molecular complexity index is 1390. The van der Waals surface area contributed by atoms with Crippen LogP contribution in [0, 0.1) is 27.7 Å². The average molecular weight is 468 g/mol. The van der Waals surface area contributed by atoms with Gasteiger partial charge in [0.05, 0.1) is 16.6 Å². The maximum Gasteiger partial charge on any atom is 0.295 e. The van der Waals surface area contributed by atoms with Gasteiger partial charge in [0.25, 0.3) is 5.56 Å². The summed E-state index contributed by atoms with van der Waals surface area (Å²) in [7, 11) is 1.81. The van der Waals surface area contributed by atoms with Gasteiger partial charge in [-0.05, 0) is 52.3 Å². The highest BCUT2D eigenvalue weighted by molar-refractivity contribution is 8.00. The molecule has 1 aromatic carbocycles. The van der Waals surface area contributed by atoms with Crippen molar-refractivity contribution in [2.24, 2.45) is 7.05 Å². The van der Waals surface area contributed by atoms with Crippen molar-refractivity contribution in [3.63, 3.8) is 0 Å². The maximum absolute atomic E-state index is 13.1. The number of thiophene rings is 1. The lowest BCUT2D eigenvalue weighted by atomic mass is 10.2. The van der Waals surface area contributed by atoms with E-state index in [4.69, 9.17) is 0 Å². The molecule has 0 unspecified atom stereocenters. The summed E-state index contributed by atoms with van der Waals surface area (Å²) in [5, 5.41) is 4.21. The van der Waals surface area contributed by atoms with E-state index >= 15 is 0 Å². The van der Waals surface area contributed by atoms with Gasteiger partial charge in [0.1, 0.15) is 21.4 Å². The number of aryl methyl sites for hydroxylation is 3. The van der Waals surface area contributed by atoms with Gasteiger partial charge >= 0.3 is 0 Å². The highest BCUT2D eigenvalue weighted by atomic mass is 32.2. The van der Waals surface area contributed by atoms with Crippen LogP contribution in [-0.4, -0.2) is 30.5 Å². The minimum absolute atomic E-state index is 0.241. The van der Waals surface area contributed by atoms with Crippen LogP contribution in [0.15, 0.2) is 40.2 Å². The summed E-state index contributed by atoms with van der Waals surface area (Å²) in [6, 6.07) is 9.37. The quantitative estimate of drug-likeness (QED) is 0.344. The van der Waals surface area contributed by atoms with Crippen molar-refractivity contribution in [3.05, 3.63) is 62.6 Å². The molecular formula is C23H25N5O2S2. The lowest BCUT2D eigenvalue weighted by Crippen LogP contribution is -2.27. The van der Waals surface area contributed by atoms with Crippen molar-refractivity contribution in [1.29, 1.82) is 0 Å². The Morgan fingerprint density at radius 2 is 1.81 bits per heavy atom. The van der Waals surface area contributed by atoms with E-state index in [0.29, 0.717) is 17.2 Å². The Hall–Kier alpha value is -2.91. The fourth-order valence-corrected chi connectivity index (χ4v) is 5.75. The summed E-state index contributed by atoms with van der Waals surface area (Å²) in [5.74, 6) is 0.438. The zero-order chi connectivity index (χ0) is 23.2. The van der Waals surface area contributed by atoms with Crippen LogP contribution in [0.5, 0.6) is 0 Å². The van der Waals surface area contributed by atoms with E-state index < -0.39 is 5.25 Å². The number of nitrogens with one attached hydrogen (secondary N) is 1. The molecule has 3 aromatic heterocycles. The van der Waals surface area contributed by atoms with E-state index in [1.165, 1.54) is 16.6 Å². The molecule has 4 aromatic rings. The number of nitrogens with zero attached hydrogens (tertiary/aromatic N) is 4. The van der Waals surface area contributed by atoms with E-state index in [9.17, 15) is 9.59 Å². The SMILES string of the molecule is Cc1nc(S[C@H](C)C(=O)Nc2c(C)n(C)n(-c3ccccc3)c2=O)c2c(C)c(C)sc2n1. The Balaban J connectivity index is 1.62. The zero-order valence-corrected chi connectivity index (χ0v) is 20.5. The molecule has 0 aliphatic carbocycles. The van der Waals surface area contributed by atoms with E-state index in [1.807, 2.05) is 51.1 Å². The molecule has 32 heavy (non-hydrogen) atoms.